The van der Waals surface area contributed by atoms with Crippen molar-refractivity contribution in [3.05, 3.63) is 25.3 Å². The summed E-state index contributed by atoms with van der Waals surface area (Å²) >= 11 is 0. The van der Waals surface area contributed by atoms with Crippen molar-refractivity contribution >= 4 is 30.2 Å². The van der Waals surface area contributed by atoms with E-state index in [0.717, 1.165) is 0 Å². The molecule has 0 spiro atoms. The number of imidazole rings is 1. The molecule has 1 heterocycles. The van der Waals surface area contributed by atoms with Gasteiger partial charge < -0.3 is 4.57 Å². The second-order valence-corrected chi connectivity index (χ2v) is 1.19. The van der Waals surface area contributed by atoms with E-state index in [2.05, 4.69) is 11.6 Å². The molecule has 1 aromatic heterocycles. The summed E-state index contributed by atoms with van der Waals surface area (Å²) in [6.45, 7) is 3.53. The van der Waals surface area contributed by atoms with Crippen LogP contribution in [0.1, 0.15) is 0 Å². The molecule has 8 heavy (non-hydrogen) atoms. The molecule has 0 aliphatic carbocycles. The predicted octanol–water partition coefficient (Wildman–Crippen LogP) is 1.60. The minimum absolute atomic E-state index is 0. The van der Waals surface area contributed by atoms with Gasteiger partial charge in [0.2, 0.25) is 0 Å². The first-order valence-corrected chi connectivity index (χ1v) is 2.03. The highest BCUT2D eigenvalue weighted by Gasteiger charge is 1.73. The zero-order chi connectivity index (χ0) is 5.11. The van der Waals surface area contributed by atoms with Crippen LogP contribution < -0.4 is 0 Å². The second kappa shape index (κ2) is 3.65. The maximum absolute atomic E-state index is 3.78. The van der Waals surface area contributed by atoms with Crippen LogP contribution in [0.2, 0.25) is 0 Å². The van der Waals surface area contributed by atoms with Gasteiger partial charge in [-0.1, -0.05) is 6.58 Å². The maximum atomic E-state index is 3.78. The van der Waals surface area contributed by atoms with Gasteiger partial charge >= 0.3 is 0 Å². The van der Waals surface area contributed by atoms with E-state index >= 15 is 0 Å². The SMILES string of the molecule is C=Cn1ccnc1.I. The lowest BCUT2D eigenvalue weighted by Gasteiger charge is -1.80. The van der Waals surface area contributed by atoms with Crippen molar-refractivity contribution in [3.8, 4) is 0 Å². The molecule has 0 radical (unpaired) electrons. The Kier molecular flexibility index (Phi) is 3.51. The van der Waals surface area contributed by atoms with Gasteiger partial charge in [0.15, 0.2) is 0 Å². The molecule has 0 fully saturated rings. The van der Waals surface area contributed by atoms with Crippen molar-refractivity contribution in [3.63, 3.8) is 0 Å². The highest BCUT2D eigenvalue weighted by molar-refractivity contribution is 14.0. The Labute approximate surface area is 65.3 Å². The summed E-state index contributed by atoms with van der Waals surface area (Å²) in [4.78, 5) is 3.78. The molecule has 2 nitrogen and oxygen atoms in total. The van der Waals surface area contributed by atoms with Crippen molar-refractivity contribution in [1.29, 1.82) is 0 Å². The van der Waals surface area contributed by atoms with E-state index in [1.165, 1.54) is 0 Å². The van der Waals surface area contributed by atoms with Gasteiger partial charge in [0.25, 0.3) is 0 Å². The molecule has 0 N–H and O–H groups in total. The fourth-order valence-electron chi connectivity index (χ4n) is 0.377. The fraction of sp³-hybridized carbons (Fsp3) is 0. The predicted molar refractivity (Wildman–Crippen MR) is 44.0 cm³/mol. The molecule has 0 saturated heterocycles. The van der Waals surface area contributed by atoms with Crippen LogP contribution in [-0.4, -0.2) is 9.55 Å². The van der Waals surface area contributed by atoms with E-state index in [4.69, 9.17) is 0 Å². The molecule has 44 valence electrons. The van der Waals surface area contributed by atoms with Crippen LogP contribution in [0.3, 0.4) is 0 Å². The van der Waals surface area contributed by atoms with Gasteiger partial charge in [0.05, 0.1) is 6.33 Å². The number of rotatable bonds is 1. The molecule has 1 rings (SSSR count). The third kappa shape index (κ3) is 1.65. The van der Waals surface area contributed by atoms with Crippen LogP contribution in [-0.2, 0) is 0 Å². The quantitative estimate of drug-likeness (QED) is 0.660. The molecule has 0 saturated carbocycles. The highest BCUT2D eigenvalue weighted by Crippen LogP contribution is 1.81. The number of hydrogen-bond donors (Lipinski definition) is 0. The third-order valence-corrected chi connectivity index (χ3v) is 0.736. The number of halogens is 1. The zero-order valence-corrected chi connectivity index (χ0v) is 6.65. The minimum Gasteiger partial charge on any atom is -0.314 e. The van der Waals surface area contributed by atoms with Gasteiger partial charge in [0, 0.05) is 18.6 Å². The summed E-state index contributed by atoms with van der Waals surface area (Å²) in [5, 5.41) is 0. The normalized spacial score (nSPS) is 7.50. The van der Waals surface area contributed by atoms with Crippen LogP contribution >= 0.6 is 24.0 Å². The lowest BCUT2D eigenvalue weighted by atomic mass is 10.9. The second-order valence-electron chi connectivity index (χ2n) is 1.19. The standard InChI is InChI=1S/C5H6N2.HI/c1-2-7-4-3-6-5-7;/h2-5H,1H2;1H. The fourth-order valence-corrected chi connectivity index (χ4v) is 0.377. The van der Waals surface area contributed by atoms with E-state index < -0.39 is 0 Å². The summed E-state index contributed by atoms with van der Waals surface area (Å²) in [7, 11) is 0. The minimum atomic E-state index is 0. The van der Waals surface area contributed by atoms with E-state index in [0.29, 0.717) is 0 Å². The molecule has 0 unspecified atom stereocenters. The Morgan fingerprint density at radius 3 is 2.62 bits per heavy atom. The largest absolute Gasteiger partial charge is 0.314 e. The van der Waals surface area contributed by atoms with Crippen molar-refractivity contribution in [2.45, 2.75) is 0 Å². The molecule has 1 aromatic rings. The first-order chi connectivity index (χ1) is 3.43. The molecule has 3 heteroatoms. The number of hydrogen-bond acceptors (Lipinski definition) is 1. The Bertz CT molecular complexity index is 145. The smallest absolute Gasteiger partial charge is 0.0986 e. The number of nitrogens with zero attached hydrogens (tertiary/aromatic N) is 2. The first-order valence-electron chi connectivity index (χ1n) is 2.03. The highest BCUT2D eigenvalue weighted by atomic mass is 127. The Balaban J connectivity index is 0.000000490. The van der Waals surface area contributed by atoms with Gasteiger partial charge in [-0.2, -0.15) is 0 Å². The average molecular weight is 222 g/mol. The van der Waals surface area contributed by atoms with E-state index in [9.17, 15) is 0 Å². The maximum Gasteiger partial charge on any atom is 0.0986 e. The summed E-state index contributed by atoms with van der Waals surface area (Å²) in [5.41, 5.74) is 0. The Morgan fingerprint density at radius 2 is 2.38 bits per heavy atom. The zero-order valence-electron chi connectivity index (χ0n) is 4.32. The van der Waals surface area contributed by atoms with Crippen molar-refractivity contribution < 1.29 is 0 Å². The van der Waals surface area contributed by atoms with Gasteiger partial charge in [-0.15, -0.1) is 24.0 Å². The average Bonchev–Trinajstić information content (AvgIpc) is 2.14. The monoisotopic (exact) mass is 222 g/mol. The lowest BCUT2D eigenvalue weighted by Crippen LogP contribution is -1.73. The van der Waals surface area contributed by atoms with Crippen LogP contribution in [0.5, 0.6) is 0 Å². The lowest BCUT2D eigenvalue weighted by molar-refractivity contribution is 1.14. The Hall–Kier alpha value is -0.320. The van der Waals surface area contributed by atoms with E-state index in [1.807, 2.05) is 6.20 Å². The molecule has 0 atom stereocenters. The summed E-state index contributed by atoms with van der Waals surface area (Å²) in [6.07, 6.45) is 6.91. The van der Waals surface area contributed by atoms with Crippen LogP contribution in [0, 0.1) is 0 Å². The molecule has 0 aliphatic heterocycles. The molecule has 0 bridgehead atoms. The van der Waals surface area contributed by atoms with Crippen molar-refractivity contribution in [2.75, 3.05) is 0 Å². The van der Waals surface area contributed by atoms with Gasteiger partial charge in [-0.25, -0.2) is 4.98 Å². The molecular formula is C5H7IN2. The van der Waals surface area contributed by atoms with Crippen molar-refractivity contribution in [1.82, 2.24) is 9.55 Å². The third-order valence-electron chi connectivity index (χ3n) is 0.736. The van der Waals surface area contributed by atoms with E-state index in [-0.39, 0.29) is 24.0 Å². The van der Waals surface area contributed by atoms with E-state index in [1.54, 1.807) is 23.3 Å². The van der Waals surface area contributed by atoms with Crippen LogP contribution in [0.15, 0.2) is 25.3 Å². The Morgan fingerprint density at radius 1 is 1.62 bits per heavy atom. The van der Waals surface area contributed by atoms with Gasteiger partial charge in [-0.3, -0.25) is 0 Å². The summed E-state index contributed by atoms with van der Waals surface area (Å²) in [6, 6.07) is 0. The van der Waals surface area contributed by atoms with Crippen LogP contribution in [0.4, 0.5) is 0 Å². The van der Waals surface area contributed by atoms with Crippen LogP contribution in [0.25, 0.3) is 6.20 Å². The summed E-state index contributed by atoms with van der Waals surface area (Å²) in [5.74, 6) is 0. The van der Waals surface area contributed by atoms with Gasteiger partial charge in [0.1, 0.15) is 0 Å². The van der Waals surface area contributed by atoms with Gasteiger partial charge in [-0.05, 0) is 0 Å². The first kappa shape index (κ1) is 7.68. The molecular weight excluding hydrogens is 215 g/mol. The number of aromatic nitrogens is 2. The molecule has 0 amide bonds. The molecule has 0 aromatic carbocycles. The van der Waals surface area contributed by atoms with Crippen molar-refractivity contribution in [2.24, 2.45) is 0 Å². The molecule has 0 aliphatic rings. The summed E-state index contributed by atoms with van der Waals surface area (Å²) < 4.78 is 1.78. The topological polar surface area (TPSA) is 17.8 Å².